The number of likely N-dealkylation sites (tertiary alicyclic amines) is 1. The number of hydrogen-bond acceptors (Lipinski definition) is 4. The van der Waals surface area contributed by atoms with Crippen LogP contribution in [0.1, 0.15) is 68.3 Å². The van der Waals surface area contributed by atoms with Gasteiger partial charge in [0.25, 0.3) is 5.91 Å². The van der Waals surface area contributed by atoms with Gasteiger partial charge < -0.3 is 4.90 Å². The van der Waals surface area contributed by atoms with E-state index in [1.807, 2.05) is 41.3 Å². The lowest BCUT2D eigenvalue weighted by atomic mass is 9.97. The molecule has 1 aliphatic rings. The fourth-order valence-electron chi connectivity index (χ4n) is 3.70. The first-order valence-electron chi connectivity index (χ1n) is 10.8. The molecule has 3 rings (SSSR count). The van der Waals surface area contributed by atoms with E-state index in [9.17, 15) is 13.2 Å². The van der Waals surface area contributed by atoms with Gasteiger partial charge in [0, 0.05) is 24.8 Å². The first-order chi connectivity index (χ1) is 14.3. The summed E-state index contributed by atoms with van der Waals surface area (Å²) >= 11 is 0. The van der Waals surface area contributed by atoms with Gasteiger partial charge in [0.1, 0.15) is 0 Å². The number of hydrogen-bond donors (Lipinski definition) is 0. The number of rotatable bonds is 7. The lowest BCUT2D eigenvalue weighted by Crippen LogP contribution is -2.35. The topological polar surface area (TPSA) is 67.3 Å². The predicted molar refractivity (Wildman–Crippen MR) is 121 cm³/mol. The second kappa shape index (κ2) is 9.73. The van der Waals surface area contributed by atoms with Crippen LogP contribution in [0.5, 0.6) is 0 Å². The van der Waals surface area contributed by atoms with Crippen LogP contribution in [0.15, 0.2) is 42.6 Å². The van der Waals surface area contributed by atoms with Crippen LogP contribution in [-0.4, -0.2) is 48.3 Å². The average Bonchev–Trinajstić information content (AvgIpc) is 2.78. The van der Waals surface area contributed by atoms with E-state index in [4.69, 9.17) is 0 Å². The molecule has 1 amide bonds. The monoisotopic (exact) mass is 428 g/mol. The van der Waals surface area contributed by atoms with Gasteiger partial charge in [-0.15, -0.1) is 0 Å². The van der Waals surface area contributed by atoms with Crippen LogP contribution in [0.2, 0.25) is 0 Å². The van der Waals surface area contributed by atoms with Crippen LogP contribution >= 0.6 is 0 Å². The van der Waals surface area contributed by atoms with Gasteiger partial charge in [0.05, 0.1) is 22.3 Å². The molecule has 1 saturated heterocycles. The number of piperidine rings is 1. The van der Waals surface area contributed by atoms with Gasteiger partial charge in [-0.3, -0.25) is 9.78 Å². The molecule has 5 nitrogen and oxygen atoms in total. The van der Waals surface area contributed by atoms with Crippen molar-refractivity contribution in [2.75, 3.05) is 18.8 Å². The van der Waals surface area contributed by atoms with E-state index in [1.165, 1.54) is 6.42 Å². The van der Waals surface area contributed by atoms with Gasteiger partial charge in [-0.25, -0.2) is 8.42 Å². The van der Waals surface area contributed by atoms with Crippen LogP contribution in [0.4, 0.5) is 0 Å². The molecular weight excluding hydrogens is 396 g/mol. The molecule has 1 fully saturated rings. The molecule has 0 radical (unpaired) electrons. The summed E-state index contributed by atoms with van der Waals surface area (Å²) in [6.45, 7) is 7.18. The molecule has 6 heteroatoms. The van der Waals surface area contributed by atoms with Gasteiger partial charge in [-0.2, -0.15) is 0 Å². The molecule has 0 aliphatic carbocycles. The number of amides is 1. The fourth-order valence-corrected chi connectivity index (χ4v) is 4.85. The van der Waals surface area contributed by atoms with Gasteiger partial charge in [0.2, 0.25) is 0 Å². The number of pyridine rings is 1. The SMILES string of the molecule is CC(C)S(=O)(=O)CC[C@H](C)c1ccc(-c2ccc(C(=O)N3CCCCC3)cn2)cc1. The summed E-state index contributed by atoms with van der Waals surface area (Å²) in [5.41, 5.74) is 3.57. The van der Waals surface area contributed by atoms with Gasteiger partial charge in [-0.1, -0.05) is 31.2 Å². The van der Waals surface area contributed by atoms with E-state index in [1.54, 1.807) is 20.0 Å². The van der Waals surface area contributed by atoms with Crippen molar-refractivity contribution in [3.8, 4) is 11.3 Å². The zero-order chi connectivity index (χ0) is 21.7. The third-order valence-electron chi connectivity index (χ3n) is 5.98. The van der Waals surface area contributed by atoms with Crippen LogP contribution in [-0.2, 0) is 9.84 Å². The Bertz CT molecular complexity index is 945. The van der Waals surface area contributed by atoms with Gasteiger partial charge in [-0.05, 0) is 63.1 Å². The Labute approximate surface area is 180 Å². The quantitative estimate of drug-likeness (QED) is 0.641. The Morgan fingerprint density at radius 1 is 1.00 bits per heavy atom. The van der Waals surface area contributed by atoms with Crippen molar-refractivity contribution in [1.82, 2.24) is 9.88 Å². The first kappa shape index (κ1) is 22.5. The summed E-state index contributed by atoms with van der Waals surface area (Å²) in [6.07, 6.45) is 5.63. The molecular formula is C24H32N2O3S. The van der Waals surface area contributed by atoms with Crippen molar-refractivity contribution in [2.24, 2.45) is 0 Å². The largest absolute Gasteiger partial charge is 0.339 e. The Balaban J connectivity index is 1.63. The Hall–Kier alpha value is -2.21. The predicted octanol–water partition coefficient (Wildman–Crippen LogP) is 4.69. The van der Waals surface area contributed by atoms with Crippen molar-refractivity contribution >= 4 is 15.7 Å². The molecule has 0 N–H and O–H groups in total. The molecule has 30 heavy (non-hydrogen) atoms. The highest BCUT2D eigenvalue weighted by atomic mass is 32.2. The van der Waals surface area contributed by atoms with E-state index in [0.717, 1.165) is 42.8 Å². The molecule has 162 valence electrons. The zero-order valence-corrected chi connectivity index (χ0v) is 19.0. The van der Waals surface area contributed by atoms with Crippen molar-refractivity contribution in [2.45, 2.75) is 57.6 Å². The summed E-state index contributed by atoms with van der Waals surface area (Å²) in [5.74, 6) is 0.445. The molecule has 2 heterocycles. The van der Waals surface area contributed by atoms with E-state index in [2.05, 4.69) is 11.9 Å². The maximum absolute atomic E-state index is 12.6. The minimum absolute atomic E-state index is 0.0641. The molecule has 2 aromatic rings. The lowest BCUT2D eigenvalue weighted by molar-refractivity contribution is 0.0724. The molecule has 0 bridgehead atoms. The van der Waals surface area contributed by atoms with E-state index in [0.29, 0.717) is 12.0 Å². The van der Waals surface area contributed by atoms with Crippen LogP contribution < -0.4 is 0 Å². The van der Waals surface area contributed by atoms with E-state index >= 15 is 0 Å². The van der Waals surface area contributed by atoms with Crippen molar-refractivity contribution in [1.29, 1.82) is 0 Å². The summed E-state index contributed by atoms with van der Waals surface area (Å²) < 4.78 is 24.1. The van der Waals surface area contributed by atoms with Crippen molar-refractivity contribution in [3.63, 3.8) is 0 Å². The molecule has 0 unspecified atom stereocenters. The fraction of sp³-hybridized carbons (Fsp3) is 0.500. The third-order valence-corrected chi connectivity index (χ3v) is 8.22. The van der Waals surface area contributed by atoms with Crippen LogP contribution in [0, 0.1) is 0 Å². The smallest absolute Gasteiger partial charge is 0.255 e. The number of carbonyl (C=O) groups is 1. The summed E-state index contributed by atoms with van der Waals surface area (Å²) in [7, 11) is -3.01. The summed E-state index contributed by atoms with van der Waals surface area (Å²) in [6, 6.07) is 11.8. The zero-order valence-electron chi connectivity index (χ0n) is 18.2. The molecule has 0 spiro atoms. The van der Waals surface area contributed by atoms with Crippen molar-refractivity contribution < 1.29 is 13.2 Å². The molecule has 0 saturated carbocycles. The maximum Gasteiger partial charge on any atom is 0.255 e. The first-order valence-corrected chi connectivity index (χ1v) is 12.6. The number of sulfone groups is 1. The Morgan fingerprint density at radius 3 is 2.23 bits per heavy atom. The summed E-state index contributed by atoms with van der Waals surface area (Å²) in [4.78, 5) is 19.0. The highest BCUT2D eigenvalue weighted by Crippen LogP contribution is 2.25. The second-order valence-corrected chi connectivity index (χ2v) is 11.2. The van der Waals surface area contributed by atoms with Crippen LogP contribution in [0.25, 0.3) is 11.3 Å². The molecule has 1 aromatic heterocycles. The number of benzene rings is 1. The molecule has 1 atom stereocenters. The Morgan fingerprint density at radius 2 is 1.67 bits per heavy atom. The highest BCUT2D eigenvalue weighted by molar-refractivity contribution is 7.91. The summed E-state index contributed by atoms with van der Waals surface area (Å²) in [5, 5.41) is -0.331. The highest BCUT2D eigenvalue weighted by Gasteiger charge is 2.19. The van der Waals surface area contributed by atoms with Gasteiger partial charge in [0.15, 0.2) is 9.84 Å². The van der Waals surface area contributed by atoms with Gasteiger partial charge >= 0.3 is 0 Å². The second-order valence-electron chi connectivity index (χ2n) is 8.51. The maximum atomic E-state index is 12.6. The standard InChI is InChI=1S/C24H32N2O3S/c1-18(2)30(28,29)16-13-19(3)20-7-9-21(10-8-20)23-12-11-22(17-25-23)24(27)26-14-5-4-6-15-26/h7-12,17-19H,4-6,13-16H2,1-3H3/t19-/m0/s1. The number of carbonyl (C=O) groups excluding carboxylic acids is 1. The van der Waals surface area contributed by atoms with Crippen LogP contribution in [0.3, 0.4) is 0 Å². The minimum atomic E-state index is -3.01. The number of aromatic nitrogens is 1. The minimum Gasteiger partial charge on any atom is -0.339 e. The lowest BCUT2D eigenvalue weighted by Gasteiger charge is -2.26. The Kier molecular flexibility index (Phi) is 7.29. The third kappa shape index (κ3) is 5.48. The molecule has 1 aliphatic heterocycles. The molecule has 1 aromatic carbocycles. The van der Waals surface area contributed by atoms with E-state index in [-0.39, 0.29) is 22.8 Å². The number of nitrogens with zero attached hydrogens (tertiary/aromatic N) is 2. The normalized spacial score (nSPS) is 15.9. The average molecular weight is 429 g/mol. The van der Waals surface area contributed by atoms with E-state index < -0.39 is 9.84 Å². The van der Waals surface area contributed by atoms with Crippen molar-refractivity contribution in [3.05, 3.63) is 53.7 Å².